The molecule has 0 aliphatic carbocycles. The van der Waals surface area contributed by atoms with Crippen LogP contribution >= 0.6 is 23.2 Å². The summed E-state index contributed by atoms with van der Waals surface area (Å²) >= 11 is 11.1. The van der Waals surface area contributed by atoms with Crippen molar-refractivity contribution in [1.82, 2.24) is 0 Å². The van der Waals surface area contributed by atoms with Crippen LogP contribution in [0.4, 0.5) is 14.5 Å². The van der Waals surface area contributed by atoms with E-state index in [4.69, 9.17) is 23.2 Å². The SMILES string of the molecule is O=C1CC(CCl)CN1c1ccc(F)c(Cl)c1F. The van der Waals surface area contributed by atoms with Crippen LogP contribution in [0.15, 0.2) is 12.1 Å². The van der Waals surface area contributed by atoms with Crippen molar-refractivity contribution in [2.75, 3.05) is 17.3 Å². The van der Waals surface area contributed by atoms with Crippen molar-refractivity contribution >= 4 is 34.8 Å². The maximum Gasteiger partial charge on any atom is 0.227 e. The van der Waals surface area contributed by atoms with Crippen molar-refractivity contribution in [3.05, 3.63) is 28.8 Å². The highest BCUT2D eigenvalue weighted by Crippen LogP contribution is 2.32. The van der Waals surface area contributed by atoms with Crippen LogP contribution < -0.4 is 4.90 Å². The van der Waals surface area contributed by atoms with Gasteiger partial charge in [0.25, 0.3) is 0 Å². The average Bonchev–Trinajstić information content (AvgIpc) is 2.68. The smallest absolute Gasteiger partial charge is 0.227 e. The van der Waals surface area contributed by atoms with Crippen molar-refractivity contribution in [2.24, 2.45) is 5.92 Å². The quantitative estimate of drug-likeness (QED) is 0.601. The molecule has 17 heavy (non-hydrogen) atoms. The second-order valence-electron chi connectivity index (χ2n) is 3.92. The minimum atomic E-state index is -0.907. The van der Waals surface area contributed by atoms with Crippen molar-refractivity contribution in [2.45, 2.75) is 6.42 Å². The van der Waals surface area contributed by atoms with E-state index in [0.717, 1.165) is 6.07 Å². The van der Waals surface area contributed by atoms with Crippen molar-refractivity contribution in [1.29, 1.82) is 0 Å². The van der Waals surface area contributed by atoms with Gasteiger partial charge in [0.1, 0.15) is 10.8 Å². The molecule has 6 heteroatoms. The average molecular weight is 280 g/mol. The zero-order valence-corrected chi connectivity index (χ0v) is 10.2. The van der Waals surface area contributed by atoms with E-state index >= 15 is 0 Å². The van der Waals surface area contributed by atoms with E-state index < -0.39 is 16.7 Å². The number of rotatable bonds is 2. The van der Waals surface area contributed by atoms with E-state index in [9.17, 15) is 13.6 Å². The highest BCUT2D eigenvalue weighted by atomic mass is 35.5. The first-order valence-corrected chi connectivity index (χ1v) is 5.95. The summed E-state index contributed by atoms with van der Waals surface area (Å²) in [7, 11) is 0. The molecule has 0 spiro atoms. The van der Waals surface area contributed by atoms with Crippen LogP contribution in [-0.2, 0) is 4.79 Å². The molecule has 1 aromatic carbocycles. The summed E-state index contributed by atoms with van der Waals surface area (Å²) < 4.78 is 26.7. The lowest BCUT2D eigenvalue weighted by Gasteiger charge is -2.17. The molecule has 1 amide bonds. The Morgan fingerprint density at radius 2 is 2.12 bits per heavy atom. The number of carbonyl (C=O) groups is 1. The van der Waals surface area contributed by atoms with Crippen molar-refractivity contribution < 1.29 is 13.6 Å². The van der Waals surface area contributed by atoms with E-state index in [1.54, 1.807) is 0 Å². The number of benzene rings is 1. The molecule has 0 aromatic heterocycles. The van der Waals surface area contributed by atoms with Crippen molar-refractivity contribution in [3.63, 3.8) is 0 Å². The van der Waals surface area contributed by atoms with Gasteiger partial charge < -0.3 is 4.90 Å². The fourth-order valence-corrected chi connectivity index (χ4v) is 2.21. The normalized spacial score (nSPS) is 20.1. The molecule has 1 aromatic rings. The largest absolute Gasteiger partial charge is 0.309 e. The standard InChI is InChI=1S/C11H9Cl2F2NO/c12-4-6-3-9(17)16(5-6)8-2-1-7(14)10(13)11(8)15/h1-2,6H,3-5H2. The number of hydrogen-bond donors (Lipinski definition) is 0. The summed E-state index contributed by atoms with van der Waals surface area (Å²) in [4.78, 5) is 12.9. The maximum absolute atomic E-state index is 13.7. The number of alkyl halides is 1. The highest BCUT2D eigenvalue weighted by Gasteiger charge is 2.32. The Balaban J connectivity index is 2.35. The lowest BCUT2D eigenvalue weighted by Crippen LogP contribution is -2.25. The summed E-state index contributed by atoms with van der Waals surface area (Å²) in [5, 5.41) is -0.593. The number of anilines is 1. The van der Waals surface area contributed by atoms with Crippen LogP contribution in [0.3, 0.4) is 0 Å². The van der Waals surface area contributed by atoms with Crippen LogP contribution in [0.2, 0.25) is 5.02 Å². The summed E-state index contributed by atoms with van der Waals surface area (Å²) in [6.45, 7) is 0.335. The Hall–Kier alpha value is -0.870. The first kappa shape index (κ1) is 12.6. The molecule has 92 valence electrons. The molecule has 2 rings (SSSR count). The van der Waals surface area contributed by atoms with Crippen LogP contribution in [0.1, 0.15) is 6.42 Å². The number of amides is 1. The summed E-state index contributed by atoms with van der Waals surface area (Å²) in [5.74, 6) is -1.65. The molecule has 0 bridgehead atoms. The molecule has 1 aliphatic heterocycles. The molecular formula is C11H9Cl2F2NO. The lowest BCUT2D eigenvalue weighted by molar-refractivity contribution is -0.117. The monoisotopic (exact) mass is 279 g/mol. The van der Waals surface area contributed by atoms with Crippen LogP contribution in [-0.4, -0.2) is 18.3 Å². The first-order chi connectivity index (χ1) is 8.04. The predicted octanol–water partition coefficient (Wildman–Crippen LogP) is 3.21. The van der Waals surface area contributed by atoms with Gasteiger partial charge in [-0.15, -0.1) is 11.6 Å². The van der Waals surface area contributed by atoms with E-state index in [1.807, 2.05) is 0 Å². The van der Waals surface area contributed by atoms with Crippen molar-refractivity contribution in [3.8, 4) is 0 Å². The zero-order chi connectivity index (χ0) is 12.6. The van der Waals surface area contributed by atoms with E-state index in [-0.39, 0.29) is 23.9 Å². The van der Waals surface area contributed by atoms with Gasteiger partial charge >= 0.3 is 0 Å². The third-order valence-electron chi connectivity index (χ3n) is 2.73. The Morgan fingerprint density at radius 3 is 2.71 bits per heavy atom. The fourth-order valence-electron chi connectivity index (χ4n) is 1.84. The third-order valence-corrected chi connectivity index (χ3v) is 3.51. The second kappa shape index (κ2) is 4.78. The molecule has 1 aliphatic rings. The third kappa shape index (κ3) is 2.24. The molecule has 0 radical (unpaired) electrons. The number of carbonyl (C=O) groups excluding carboxylic acids is 1. The van der Waals surface area contributed by atoms with Crippen LogP contribution in [0, 0.1) is 17.6 Å². The zero-order valence-electron chi connectivity index (χ0n) is 8.72. The minimum Gasteiger partial charge on any atom is -0.309 e. The topological polar surface area (TPSA) is 20.3 Å². The Kier molecular flexibility index (Phi) is 3.54. The van der Waals surface area contributed by atoms with Crippen LogP contribution in [0.5, 0.6) is 0 Å². The Morgan fingerprint density at radius 1 is 1.41 bits per heavy atom. The molecular weight excluding hydrogens is 271 g/mol. The van der Waals surface area contributed by atoms with E-state index in [1.165, 1.54) is 11.0 Å². The second-order valence-corrected chi connectivity index (χ2v) is 4.61. The van der Waals surface area contributed by atoms with Gasteiger partial charge in [0.2, 0.25) is 5.91 Å². The highest BCUT2D eigenvalue weighted by molar-refractivity contribution is 6.31. The van der Waals surface area contributed by atoms with Gasteiger partial charge in [0.05, 0.1) is 5.69 Å². The Bertz CT molecular complexity index is 467. The molecule has 0 N–H and O–H groups in total. The molecule has 0 saturated carbocycles. The molecule has 1 unspecified atom stereocenters. The fraction of sp³-hybridized carbons (Fsp3) is 0.364. The maximum atomic E-state index is 13.7. The van der Waals surface area contributed by atoms with Gasteiger partial charge in [-0.25, -0.2) is 8.78 Å². The van der Waals surface area contributed by atoms with Gasteiger partial charge in [-0.05, 0) is 18.1 Å². The lowest BCUT2D eigenvalue weighted by atomic mass is 10.1. The number of halogens is 4. The first-order valence-electron chi connectivity index (χ1n) is 5.04. The number of hydrogen-bond acceptors (Lipinski definition) is 1. The predicted molar refractivity (Wildman–Crippen MR) is 62.5 cm³/mol. The van der Waals surface area contributed by atoms with Crippen LogP contribution in [0.25, 0.3) is 0 Å². The Labute approximate surface area is 107 Å². The van der Waals surface area contributed by atoms with Gasteiger partial charge in [0, 0.05) is 18.8 Å². The van der Waals surface area contributed by atoms with E-state index in [2.05, 4.69) is 0 Å². The van der Waals surface area contributed by atoms with Gasteiger partial charge in [-0.1, -0.05) is 11.6 Å². The molecule has 1 heterocycles. The summed E-state index contributed by atoms with van der Waals surface area (Å²) in [5.41, 5.74) is 0.00835. The summed E-state index contributed by atoms with van der Waals surface area (Å²) in [6, 6.07) is 2.26. The van der Waals surface area contributed by atoms with E-state index in [0.29, 0.717) is 12.4 Å². The van der Waals surface area contributed by atoms with Gasteiger partial charge in [-0.2, -0.15) is 0 Å². The minimum absolute atomic E-state index is 0.00704. The summed E-state index contributed by atoms with van der Waals surface area (Å²) in [6.07, 6.45) is 0.276. The molecule has 1 fully saturated rings. The molecule has 1 atom stereocenters. The van der Waals surface area contributed by atoms with Gasteiger partial charge in [-0.3, -0.25) is 4.79 Å². The molecule has 2 nitrogen and oxygen atoms in total. The van der Waals surface area contributed by atoms with Gasteiger partial charge in [0.15, 0.2) is 5.82 Å². The molecule has 1 saturated heterocycles. The number of nitrogens with zero attached hydrogens (tertiary/aromatic N) is 1.